The number of anilines is 1. The van der Waals surface area contributed by atoms with Crippen LogP contribution in [0.25, 0.3) is 0 Å². The fourth-order valence-corrected chi connectivity index (χ4v) is 2.57. The Morgan fingerprint density at radius 3 is 2.45 bits per heavy atom. The molecule has 0 aromatic heterocycles. The Morgan fingerprint density at radius 1 is 1.09 bits per heavy atom. The Morgan fingerprint density at radius 2 is 1.82 bits per heavy atom. The lowest BCUT2D eigenvalue weighted by atomic mass is 10.1. The summed E-state index contributed by atoms with van der Waals surface area (Å²) < 4.78 is 11.6. The Bertz CT molecular complexity index is 686. The quantitative estimate of drug-likeness (QED) is 0.762. The van der Waals surface area contributed by atoms with Crippen LogP contribution in [0.15, 0.2) is 36.4 Å². The van der Waals surface area contributed by atoms with Crippen LogP contribution in [-0.2, 0) is 11.2 Å². The Hall–Kier alpha value is -1.76. The first-order valence-electron chi connectivity index (χ1n) is 6.80. The summed E-state index contributed by atoms with van der Waals surface area (Å²) in [5.41, 5.74) is 2.87. The van der Waals surface area contributed by atoms with Gasteiger partial charge in [-0.3, -0.25) is 4.79 Å². The summed E-state index contributed by atoms with van der Waals surface area (Å²) in [5, 5.41) is 2.91. The molecular formula is C17H18INO3. The van der Waals surface area contributed by atoms with Crippen molar-refractivity contribution >= 4 is 34.2 Å². The third-order valence-electron chi connectivity index (χ3n) is 3.27. The predicted molar refractivity (Wildman–Crippen MR) is 95.8 cm³/mol. The van der Waals surface area contributed by atoms with Gasteiger partial charge >= 0.3 is 0 Å². The molecule has 0 unspecified atom stereocenters. The van der Waals surface area contributed by atoms with E-state index in [1.165, 1.54) is 5.56 Å². The van der Waals surface area contributed by atoms with Crippen molar-refractivity contribution in [1.82, 2.24) is 0 Å². The number of methoxy groups -OCH3 is 2. The van der Waals surface area contributed by atoms with Gasteiger partial charge in [0.05, 0.1) is 20.6 Å². The lowest BCUT2D eigenvalue weighted by Gasteiger charge is -2.10. The summed E-state index contributed by atoms with van der Waals surface area (Å²) >= 11 is 2.26. The van der Waals surface area contributed by atoms with Gasteiger partial charge in [0, 0.05) is 9.26 Å². The summed E-state index contributed by atoms with van der Waals surface area (Å²) in [4.78, 5) is 12.1. The molecule has 0 bridgehead atoms. The van der Waals surface area contributed by atoms with Crippen LogP contribution >= 0.6 is 22.6 Å². The fourth-order valence-electron chi connectivity index (χ4n) is 2.05. The number of carbonyl (C=O) groups excluding carboxylic acids is 1. The summed E-state index contributed by atoms with van der Waals surface area (Å²) in [6.07, 6.45) is 0.283. The first-order chi connectivity index (χ1) is 10.5. The second kappa shape index (κ2) is 7.49. The van der Waals surface area contributed by atoms with Crippen LogP contribution in [-0.4, -0.2) is 20.1 Å². The highest BCUT2D eigenvalue weighted by molar-refractivity contribution is 14.1. The van der Waals surface area contributed by atoms with E-state index in [0.717, 1.165) is 14.8 Å². The molecule has 2 aromatic rings. The number of rotatable bonds is 5. The lowest BCUT2D eigenvalue weighted by Crippen LogP contribution is -2.14. The zero-order valence-electron chi connectivity index (χ0n) is 12.8. The van der Waals surface area contributed by atoms with Crippen molar-refractivity contribution in [2.45, 2.75) is 13.3 Å². The summed E-state index contributed by atoms with van der Waals surface area (Å²) in [5.74, 6) is 1.21. The molecular weight excluding hydrogens is 393 g/mol. The number of halogens is 1. The Labute approximate surface area is 144 Å². The maximum atomic E-state index is 12.1. The number of carbonyl (C=O) groups is 1. The highest BCUT2D eigenvalue weighted by Crippen LogP contribution is 2.27. The number of benzene rings is 2. The Balaban J connectivity index is 2.07. The van der Waals surface area contributed by atoms with Crippen LogP contribution in [0, 0.1) is 10.5 Å². The van der Waals surface area contributed by atoms with Gasteiger partial charge in [0.25, 0.3) is 0 Å². The van der Waals surface area contributed by atoms with E-state index in [1.54, 1.807) is 20.3 Å². The molecule has 1 N–H and O–H groups in total. The normalized spacial score (nSPS) is 10.2. The fraction of sp³-hybridized carbons (Fsp3) is 0.235. The molecule has 0 radical (unpaired) electrons. The molecule has 22 heavy (non-hydrogen) atoms. The third kappa shape index (κ3) is 4.13. The first kappa shape index (κ1) is 16.6. The zero-order chi connectivity index (χ0) is 16.1. The van der Waals surface area contributed by atoms with Crippen molar-refractivity contribution in [2.75, 3.05) is 19.5 Å². The minimum Gasteiger partial charge on any atom is -0.493 e. The standard InChI is InChI=1S/C17H18INO3/c1-11-4-6-13(10-14(11)18)19-17(20)9-12-5-7-15(21-2)16(8-12)22-3/h4-8,10H,9H2,1-3H3,(H,19,20). The maximum absolute atomic E-state index is 12.1. The van der Waals surface area contributed by atoms with Crippen molar-refractivity contribution in [1.29, 1.82) is 0 Å². The van der Waals surface area contributed by atoms with E-state index in [0.29, 0.717) is 11.5 Å². The largest absolute Gasteiger partial charge is 0.493 e. The van der Waals surface area contributed by atoms with E-state index >= 15 is 0 Å². The second-order valence-electron chi connectivity index (χ2n) is 4.88. The van der Waals surface area contributed by atoms with E-state index < -0.39 is 0 Å². The zero-order valence-corrected chi connectivity index (χ0v) is 14.9. The van der Waals surface area contributed by atoms with Crippen LogP contribution in [0.1, 0.15) is 11.1 Å². The van der Waals surface area contributed by atoms with Crippen LogP contribution < -0.4 is 14.8 Å². The van der Waals surface area contributed by atoms with E-state index in [1.807, 2.05) is 37.3 Å². The van der Waals surface area contributed by atoms with Gasteiger partial charge in [0.1, 0.15) is 0 Å². The third-order valence-corrected chi connectivity index (χ3v) is 4.43. The summed E-state index contributed by atoms with van der Waals surface area (Å²) in [7, 11) is 3.17. The molecule has 5 heteroatoms. The smallest absolute Gasteiger partial charge is 0.228 e. The molecule has 0 atom stereocenters. The molecule has 0 fully saturated rings. The van der Waals surface area contributed by atoms with E-state index in [9.17, 15) is 4.79 Å². The van der Waals surface area contributed by atoms with Crippen LogP contribution in [0.3, 0.4) is 0 Å². The number of hydrogen-bond donors (Lipinski definition) is 1. The van der Waals surface area contributed by atoms with E-state index in [4.69, 9.17) is 9.47 Å². The molecule has 0 saturated carbocycles. The molecule has 0 spiro atoms. The SMILES string of the molecule is COc1ccc(CC(=O)Nc2ccc(C)c(I)c2)cc1OC. The van der Waals surface area contributed by atoms with Crippen molar-refractivity contribution in [3.05, 3.63) is 51.1 Å². The van der Waals surface area contributed by atoms with Gasteiger partial charge in [-0.1, -0.05) is 12.1 Å². The van der Waals surface area contributed by atoms with Gasteiger partial charge < -0.3 is 14.8 Å². The van der Waals surface area contributed by atoms with E-state index in [-0.39, 0.29) is 12.3 Å². The number of ether oxygens (including phenoxy) is 2. The van der Waals surface area contributed by atoms with Crippen molar-refractivity contribution in [3.8, 4) is 11.5 Å². The topological polar surface area (TPSA) is 47.6 Å². The molecule has 0 aliphatic rings. The van der Waals surface area contributed by atoms with E-state index in [2.05, 4.69) is 27.9 Å². The average Bonchev–Trinajstić information content (AvgIpc) is 2.50. The van der Waals surface area contributed by atoms with Gasteiger partial charge in [0.2, 0.25) is 5.91 Å². The van der Waals surface area contributed by atoms with Crippen molar-refractivity contribution in [2.24, 2.45) is 0 Å². The number of nitrogens with one attached hydrogen (secondary N) is 1. The van der Waals surface area contributed by atoms with Crippen molar-refractivity contribution < 1.29 is 14.3 Å². The number of aryl methyl sites for hydroxylation is 1. The molecule has 2 rings (SSSR count). The van der Waals surface area contributed by atoms with Gasteiger partial charge in [-0.05, 0) is 64.9 Å². The molecule has 116 valence electrons. The molecule has 4 nitrogen and oxygen atoms in total. The Kier molecular flexibility index (Phi) is 5.65. The summed E-state index contributed by atoms with van der Waals surface area (Å²) in [6.45, 7) is 2.04. The van der Waals surface area contributed by atoms with Gasteiger partial charge in [-0.25, -0.2) is 0 Å². The molecule has 2 aromatic carbocycles. The van der Waals surface area contributed by atoms with Crippen LogP contribution in [0.4, 0.5) is 5.69 Å². The molecule has 0 heterocycles. The molecule has 0 aliphatic heterocycles. The average molecular weight is 411 g/mol. The summed E-state index contributed by atoms with van der Waals surface area (Å²) in [6, 6.07) is 11.3. The maximum Gasteiger partial charge on any atom is 0.228 e. The minimum atomic E-state index is -0.0631. The highest BCUT2D eigenvalue weighted by atomic mass is 127. The monoisotopic (exact) mass is 411 g/mol. The number of amides is 1. The predicted octanol–water partition coefficient (Wildman–Crippen LogP) is 3.80. The highest BCUT2D eigenvalue weighted by Gasteiger charge is 2.09. The minimum absolute atomic E-state index is 0.0631. The number of hydrogen-bond acceptors (Lipinski definition) is 3. The first-order valence-corrected chi connectivity index (χ1v) is 7.88. The van der Waals surface area contributed by atoms with Crippen molar-refractivity contribution in [3.63, 3.8) is 0 Å². The van der Waals surface area contributed by atoms with Gasteiger partial charge in [-0.2, -0.15) is 0 Å². The van der Waals surface area contributed by atoms with Gasteiger partial charge in [-0.15, -0.1) is 0 Å². The van der Waals surface area contributed by atoms with Crippen LogP contribution in [0.2, 0.25) is 0 Å². The molecule has 0 saturated heterocycles. The van der Waals surface area contributed by atoms with Gasteiger partial charge in [0.15, 0.2) is 11.5 Å². The van der Waals surface area contributed by atoms with Crippen LogP contribution in [0.5, 0.6) is 11.5 Å². The molecule has 0 aliphatic carbocycles. The molecule has 1 amide bonds. The lowest BCUT2D eigenvalue weighted by molar-refractivity contribution is -0.115. The second-order valence-corrected chi connectivity index (χ2v) is 6.04.